The number of aromatic nitrogens is 2. The number of fused-ring (bicyclic) bond motifs is 1. The number of methoxy groups -OCH3 is 2. The number of hydrogen-bond acceptors (Lipinski definition) is 6. The Labute approximate surface area is 140 Å². The van der Waals surface area contributed by atoms with E-state index in [-0.39, 0.29) is 17.8 Å². The monoisotopic (exact) mass is 333 g/mol. The first kappa shape index (κ1) is 16.7. The summed E-state index contributed by atoms with van der Waals surface area (Å²) in [5.74, 6) is 1.71. The molecule has 3 rings (SSSR count). The Kier molecular flexibility index (Phi) is 4.73. The van der Waals surface area contributed by atoms with E-state index in [9.17, 15) is 4.79 Å². The lowest BCUT2D eigenvalue weighted by Crippen LogP contribution is -2.45. The molecular formula is C17H23N3O4. The lowest BCUT2D eigenvalue weighted by atomic mass is 10.2. The number of nitrogens with zero attached hydrogens (tertiary/aromatic N) is 2. The number of benzene rings is 1. The minimum Gasteiger partial charge on any atom is -0.493 e. The number of morpholine rings is 1. The van der Waals surface area contributed by atoms with E-state index in [1.807, 2.05) is 0 Å². The van der Waals surface area contributed by atoms with Gasteiger partial charge in [-0.25, -0.2) is 4.98 Å². The third-order valence-electron chi connectivity index (χ3n) is 4.13. The Balaban J connectivity index is 1.93. The SMILES string of the molecule is COc1cc2nc(CN3C[C@@H](C)O[C@@H](C)C3)[nH]c(=O)c2cc1OC. The van der Waals surface area contributed by atoms with Gasteiger partial charge < -0.3 is 19.2 Å². The number of H-pyrrole nitrogens is 1. The van der Waals surface area contributed by atoms with Gasteiger partial charge in [0.15, 0.2) is 11.5 Å². The van der Waals surface area contributed by atoms with Gasteiger partial charge in [-0.05, 0) is 19.9 Å². The molecule has 2 atom stereocenters. The largest absolute Gasteiger partial charge is 0.493 e. The average molecular weight is 333 g/mol. The molecular weight excluding hydrogens is 310 g/mol. The van der Waals surface area contributed by atoms with Crippen LogP contribution >= 0.6 is 0 Å². The summed E-state index contributed by atoms with van der Waals surface area (Å²) >= 11 is 0. The van der Waals surface area contributed by atoms with Crippen molar-refractivity contribution in [3.63, 3.8) is 0 Å². The van der Waals surface area contributed by atoms with Crippen LogP contribution in [-0.2, 0) is 11.3 Å². The molecule has 1 N–H and O–H groups in total. The summed E-state index contributed by atoms with van der Waals surface area (Å²) < 4.78 is 16.3. The first-order valence-corrected chi connectivity index (χ1v) is 8.03. The Morgan fingerprint density at radius 2 is 1.83 bits per heavy atom. The maximum atomic E-state index is 12.4. The van der Waals surface area contributed by atoms with E-state index >= 15 is 0 Å². The molecule has 1 fully saturated rings. The molecule has 130 valence electrons. The fraction of sp³-hybridized carbons (Fsp3) is 0.529. The molecule has 1 aliphatic heterocycles. The Hall–Kier alpha value is -2.12. The lowest BCUT2D eigenvalue weighted by Gasteiger charge is -2.34. The van der Waals surface area contributed by atoms with Crippen molar-refractivity contribution in [2.24, 2.45) is 0 Å². The molecule has 0 unspecified atom stereocenters. The van der Waals surface area contributed by atoms with Crippen molar-refractivity contribution in [3.05, 3.63) is 28.3 Å². The third kappa shape index (κ3) is 3.37. The molecule has 2 aromatic rings. The van der Waals surface area contributed by atoms with Gasteiger partial charge in [0.1, 0.15) is 5.82 Å². The van der Waals surface area contributed by atoms with Crippen LogP contribution in [0.3, 0.4) is 0 Å². The maximum absolute atomic E-state index is 12.4. The van der Waals surface area contributed by atoms with Crippen LogP contribution in [0.25, 0.3) is 10.9 Å². The van der Waals surface area contributed by atoms with Crippen molar-refractivity contribution in [3.8, 4) is 11.5 Å². The quantitative estimate of drug-likeness (QED) is 0.915. The number of ether oxygens (including phenoxy) is 3. The van der Waals surface area contributed by atoms with Gasteiger partial charge in [0.05, 0.1) is 43.9 Å². The van der Waals surface area contributed by atoms with E-state index in [0.717, 1.165) is 13.1 Å². The van der Waals surface area contributed by atoms with Crippen LogP contribution in [0.2, 0.25) is 0 Å². The van der Waals surface area contributed by atoms with E-state index in [0.29, 0.717) is 34.8 Å². The third-order valence-corrected chi connectivity index (χ3v) is 4.13. The van der Waals surface area contributed by atoms with Gasteiger partial charge in [-0.2, -0.15) is 0 Å². The van der Waals surface area contributed by atoms with Crippen LogP contribution in [0.4, 0.5) is 0 Å². The molecule has 7 nitrogen and oxygen atoms in total. The second-order valence-corrected chi connectivity index (χ2v) is 6.19. The second-order valence-electron chi connectivity index (χ2n) is 6.19. The Morgan fingerprint density at radius 3 is 2.46 bits per heavy atom. The summed E-state index contributed by atoms with van der Waals surface area (Å²) in [5.41, 5.74) is 0.422. The smallest absolute Gasteiger partial charge is 0.258 e. The van der Waals surface area contributed by atoms with E-state index in [1.54, 1.807) is 26.4 Å². The van der Waals surface area contributed by atoms with Crippen molar-refractivity contribution in [2.45, 2.75) is 32.6 Å². The number of hydrogen-bond donors (Lipinski definition) is 1. The zero-order chi connectivity index (χ0) is 17.3. The van der Waals surface area contributed by atoms with Gasteiger partial charge in [-0.1, -0.05) is 0 Å². The molecule has 0 saturated carbocycles. The predicted molar refractivity (Wildman–Crippen MR) is 90.8 cm³/mol. The minimum atomic E-state index is -0.176. The van der Waals surface area contributed by atoms with Crippen molar-refractivity contribution >= 4 is 10.9 Å². The highest BCUT2D eigenvalue weighted by Gasteiger charge is 2.23. The van der Waals surface area contributed by atoms with Crippen molar-refractivity contribution < 1.29 is 14.2 Å². The van der Waals surface area contributed by atoms with Crippen LogP contribution in [0.1, 0.15) is 19.7 Å². The van der Waals surface area contributed by atoms with Gasteiger partial charge in [-0.3, -0.25) is 9.69 Å². The molecule has 1 aromatic carbocycles. The van der Waals surface area contributed by atoms with Crippen molar-refractivity contribution in [1.29, 1.82) is 0 Å². The zero-order valence-electron chi connectivity index (χ0n) is 14.5. The Bertz CT molecular complexity index is 779. The second kappa shape index (κ2) is 6.78. The topological polar surface area (TPSA) is 76.7 Å². The Morgan fingerprint density at radius 1 is 1.21 bits per heavy atom. The molecule has 7 heteroatoms. The molecule has 0 spiro atoms. The number of nitrogens with one attached hydrogen (secondary N) is 1. The summed E-state index contributed by atoms with van der Waals surface area (Å²) in [6.45, 7) is 6.32. The van der Waals surface area contributed by atoms with Gasteiger partial charge in [0, 0.05) is 19.2 Å². The molecule has 0 amide bonds. The van der Waals surface area contributed by atoms with E-state index in [4.69, 9.17) is 14.2 Å². The number of rotatable bonds is 4. The summed E-state index contributed by atoms with van der Waals surface area (Å²) in [6, 6.07) is 3.39. The lowest BCUT2D eigenvalue weighted by molar-refractivity contribution is -0.0710. The molecule has 0 bridgehead atoms. The molecule has 0 aliphatic carbocycles. The standard InChI is InChI=1S/C17H23N3O4/c1-10-7-20(8-11(2)24-10)9-16-18-13-6-15(23-4)14(22-3)5-12(13)17(21)19-16/h5-6,10-11H,7-9H2,1-4H3,(H,18,19,21)/t10-,11+. The van der Waals surface area contributed by atoms with Crippen molar-refractivity contribution in [1.82, 2.24) is 14.9 Å². The minimum absolute atomic E-state index is 0.172. The zero-order valence-corrected chi connectivity index (χ0v) is 14.5. The highest BCUT2D eigenvalue weighted by Crippen LogP contribution is 2.30. The summed E-state index contributed by atoms with van der Waals surface area (Å²) in [7, 11) is 3.11. The predicted octanol–water partition coefficient (Wildman–Crippen LogP) is 1.55. The fourth-order valence-corrected chi connectivity index (χ4v) is 3.21. The maximum Gasteiger partial charge on any atom is 0.258 e. The molecule has 2 heterocycles. The average Bonchev–Trinajstić information content (AvgIpc) is 2.52. The van der Waals surface area contributed by atoms with Crippen LogP contribution in [0.15, 0.2) is 16.9 Å². The van der Waals surface area contributed by atoms with Crippen LogP contribution in [0, 0.1) is 0 Å². The van der Waals surface area contributed by atoms with Gasteiger partial charge in [-0.15, -0.1) is 0 Å². The van der Waals surface area contributed by atoms with E-state index in [1.165, 1.54) is 0 Å². The van der Waals surface area contributed by atoms with Gasteiger partial charge >= 0.3 is 0 Å². The van der Waals surface area contributed by atoms with Gasteiger partial charge in [0.2, 0.25) is 0 Å². The van der Waals surface area contributed by atoms with E-state index in [2.05, 4.69) is 28.7 Å². The molecule has 1 saturated heterocycles. The first-order valence-electron chi connectivity index (χ1n) is 8.03. The number of aromatic amines is 1. The van der Waals surface area contributed by atoms with Crippen molar-refractivity contribution in [2.75, 3.05) is 27.3 Å². The van der Waals surface area contributed by atoms with Crippen LogP contribution < -0.4 is 15.0 Å². The molecule has 1 aliphatic rings. The van der Waals surface area contributed by atoms with Crippen LogP contribution in [-0.4, -0.2) is 54.4 Å². The molecule has 1 aromatic heterocycles. The fourth-order valence-electron chi connectivity index (χ4n) is 3.21. The highest BCUT2D eigenvalue weighted by atomic mass is 16.5. The first-order chi connectivity index (χ1) is 11.5. The van der Waals surface area contributed by atoms with Crippen LogP contribution in [0.5, 0.6) is 11.5 Å². The summed E-state index contributed by atoms with van der Waals surface area (Å²) in [5, 5.41) is 0.486. The normalized spacial score (nSPS) is 21.8. The van der Waals surface area contributed by atoms with Gasteiger partial charge in [0.25, 0.3) is 5.56 Å². The highest BCUT2D eigenvalue weighted by molar-refractivity contribution is 5.81. The molecule has 24 heavy (non-hydrogen) atoms. The summed E-state index contributed by atoms with van der Waals surface area (Å²) in [4.78, 5) is 22.1. The summed E-state index contributed by atoms with van der Waals surface area (Å²) in [6.07, 6.45) is 0.343. The van der Waals surface area contributed by atoms with E-state index < -0.39 is 0 Å². The molecule has 0 radical (unpaired) electrons.